The van der Waals surface area contributed by atoms with Crippen LogP contribution in [0.4, 0.5) is 0 Å². The largest absolute Gasteiger partial charge is 0.456 e. The molecule has 14 heteroatoms. The predicted molar refractivity (Wildman–Crippen MR) is 216 cm³/mol. The van der Waals surface area contributed by atoms with Crippen LogP contribution in [0.1, 0.15) is 93.1 Å². The molecule has 2 saturated carbocycles. The standard InChI is InChI=1S/C47H51NO13/c1-26-32(59-43(56)38(52)37(29-16-10-7-11-17-29)48-41(54)30-18-12-8-13-19-30)23-46(61-42(55)31-20-14-9-15-21-31)24-33-45(6,34(51)22-35-47(33,25-57-35)60-28(3)50)40(53)39(58-27(2)49)36(26)44(46,4)5/h7-21,32-35,37-39,51-52H,22-25H2,1-6H3,(H,48,54)/t32-,33-,34-,35+,37-,38+,39+,45-,46+,47+/m0/s1. The van der Waals surface area contributed by atoms with Gasteiger partial charge in [0.1, 0.15) is 17.8 Å². The smallest absolute Gasteiger partial charge is 0.338 e. The van der Waals surface area contributed by atoms with Gasteiger partial charge in [-0.1, -0.05) is 80.6 Å². The van der Waals surface area contributed by atoms with Crippen molar-refractivity contribution in [3.8, 4) is 0 Å². The lowest BCUT2D eigenvalue weighted by atomic mass is 9.45. The van der Waals surface area contributed by atoms with E-state index < -0.39 is 100 Å². The van der Waals surface area contributed by atoms with Gasteiger partial charge in [0.15, 0.2) is 23.6 Å². The van der Waals surface area contributed by atoms with Crippen LogP contribution < -0.4 is 5.32 Å². The fraction of sp³-hybridized carbons (Fsp3) is 0.447. The molecule has 14 nitrogen and oxygen atoms in total. The summed E-state index contributed by atoms with van der Waals surface area (Å²) >= 11 is 0. The number of nitrogens with one attached hydrogen (secondary N) is 1. The van der Waals surface area contributed by atoms with Gasteiger partial charge in [-0.15, -0.1) is 0 Å². The highest BCUT2D eigenvalue weighted by Crippen LogP contribution is 2.64. The van der Waals surface area contributed by atoms with E-state index in [1.54, 1.807) is 119 Å². The number of ketones is 1. The second kappa shape index (κ2) is 16.3. The van der Waals surface area contributed by atoms with Gasteiger partial charge in [0.25, 0.3) is 5.91 Å². The lowest BCUT2D eigenvalue weighted by Gasteiger charge is -2.66. The van der Waals surface area contributed by atoms with Crippen molar-refractivity contribution in [1.29, 1.82) is 0 Å². The minimum atomic E-state index is -1.97. The topological polar surface area (TPSA) is 201 Å². The number of esters is 4. The number of ether oxygens (including phenoxy) is 5. The van der Waals surface area contributed by atoms with Gasteiger partial charge in [-0.3, -0.25) is 19.2 Å². The summed E-state index contributed by atoms with van der Waals surface area (Å²) in [7, 11) is 0. The normalized spacial score (nSPS) is 31.0. The summed E-state index contributed by atoms with van der Waals surface area (Å²) in [6.07, 6.45) is -7.76. The maximum absolute atomic E-state index is 15.3. The molecule has 1 saturated heterocycles. The maximum Gasteiger partial charge on any atom is 0.338 e. The Labute approximate surface area is 353 Å². The third kappa shape index (κ3) is 7.44. The van der Waals surface area contributed by atoms with Gasteiger partial charge >= 0.3 is 23.9 Å². The van der Waals surface area contributed by atoms with E-state index in [4.69, 9.17) is 23.7 Å². The first-order valence-corrected chi connectivity index (χ1v) is 20.4. The Morgan fingerprint density at radius 1 is 0.803 bits per heavy atom. The van der Waals surface area contributed by atoms with Gasteiger partial charge in [-0.25, -0.2) is 9.59 Å². The zero-order chi connectivity index (χ0) is 44.1. The number of aliphatic hydroxyl groups is 2. The lowest BCUT2D eigenvalue weighted by molar-refractivity contribution is -0.327. The predicted octanol–water partition coefficient (Wildman–Crippen LogP) is 4.76. The fourth-order valence-electron chi connectivity index (χ4n) is 10.1. The first-order valence-electron chi connectivity index (χ1n) is 20.4. The number of carbonyl (C=O) groups excluding carboxylic acids is 6. The highest BCUT2D eigenvalue weighted by molar-refractivity contribution is 5.96. The second-order valence-corrected chi connectivity index (χ2v) is 17.3. The molecular weight excluding hydrogens is 787 g/mol. The Balaban J connectivity index is 1.38. The molecule has 10 atom stereocenters. The number of hydrogen-bond acceptors (Lipinski definition) is 13. The van der Waals surface area contributed by atoms with E-state index in [0.717, 1.165) is 6.92 Å². The van der Waals surface area contributed by atoms with Gasteiger partial charge in [-0.05, 0) is 61.2 Å². The molecule has 61 heavy (non-hydrogen) atoms. The molecule has 322 valence electrons. The molecule has 0 spiro atoms. The molecular formula is C47H51NO13. The molecule has 3 aliphatic carbocycles. The summed E-state index contributed by atoms with van der Waals surface area (Å²) in [5, 5.41) is 26.5. The number of benzene rings is 3. The molecule has 3 aromatic carbocycles. The van der Waals surface area contributed by atoms with Crippen LogP contribution in [-0.2, 0) is 42.9 Å². The molecule has 7 rings (SSSR count). The number of fused-ring (bicyclic) bond motifs is 5. The summed E-state index contributed by atoms with van der Waals surface area (Å²) < 4.78 is 30.8. The number of rotatable bonds is 10. The molecule has 0 aromatic heterocycles. The van der Waals surface area contributed by atoms with Crippen LogP contribution in [0, 0.1) is 16.7 Å². The average molecular weight is 838 g/mol. The Bertz CT molecular complexity index is 2240. The van der Waals surface area contributed by atoms with Gasteiger partial charge in [0.2, 0.25) is 0 Å². The fourth-order valence-corrected chi connectivity index (χ4v) is 10.1. The molecule has 1 aliphatic heterocycles. The van der Waals surface area contributed by atoms with Gasteiger partial charge in [-0.2, -0.15) is 0 Å². The van der Waals surface area contributed by atoms with Crippen LogP contribution in [0.3, 0.4) is 0 Å². The molecule has 2 bridgehead atoms. The minimum absolute atomic E-state index is 0.0848. The van der Waals surface area contributed by atoms with Crippen molar-refractivity contribution in [1.82, 2.24) is 5.32 Å². The number of hydrogen-bond donors (Lipinski definition) is 3. The van der Waals surface area contributed by atoms with Crippen LogP contribution >= 0.6 is 0 Å². The molecule has 4 aliphatic rings. The third-order valence-electron chi connectivity index (χ3n) is 13.5. The molecule has 0 unspecified atom stereocenters. The minimum Gasteiger partial charge on any atom is -0.456 e. The monoisotopic (exact) mass is 837 g/mol. The molecule has 1 heterocycles. The van der Waals surface area contributed by atoms with Crippen molar-refractivity contribution >= 4 is 35.6 Å². The number of amides is 1. The first kappa shape index (κ1) is 43.4. The number of Topliss-reactive ketones (excluding diaryl/α,β-unsaturated/α-hetero) is 1. The highest BCUT2D eigenvalue weighted by atomic mass is 16.6. The SMILES string of the molecule is CC(=O)O[C@H]1C(=O)[C@@]2(C)[C@H](C[C@]3(OC(=O)c4ccccc4)C[C@H](OC(=O)[C@H](O)[C@@H](NC(=O)c4ccccc4)c4ccccc4)C(C)=C1C3(C)C)[C@]1(OC(C)=O)CO[C@@H]1C[C@@H]2O. The van der Waals surface area contributed by atoms with Gasteiger partial charge < -0.3 is 39.2 Å². The molecule has 3 N–H and O–H groups in total. The van der Waals surface area contributed by atoms with E-state index in [1.165, 1.54) is 6.92 Å². The van der Waals surface area contributed by atoms with Crippen LogP contribution in [0.2, 0.25) is 0 Å². The Kier molecular flexibility index (Phi) is 11.6. The zero-order valence-electron chi connectivity index (χ0n) is 34.9. The number of carbonyl (C=O) groups is 6. The van der Waals surface area contributed by atoms with E-state index in [2.05, 4.69) is 5.32 Å². The lowest BCUT2D eigenvalue weighted by Crippen LogP contribution is -2.78. The van der Waals surface area contributed by atoms with E-state index in [-0.39, 0.29) is 48.1 Å². The van der Waals surface area contributed by atoms with E-state index in [1.807, 2.05) is 0 Å². The van der Waals surface area contributed by atoms with E-state index in [0.29, 0.717) is 5.56 Å². The Hall–Kier alpha value is -5.70. The third-order valence-corrected chi connectivity index (χ3v) is 13.5. The molecule has 3 aromatic rings. The summed E-state index contributed by atoms with van der Waals surface area (Å²) in [5.74, 6) is -5.76. The van der Waals surface area contributed by atoms with Crippen molar-refractivity contribution in [2.24, 2.45) is 16.7 Å². The van der Waals surface area contributed by atoms with Crippen LogP contribution in [0.5, 0.6) is 0 Å². The van der Waals surface area contributed by atoms with Crippen molar-refractivity contribution in [3.63, 3.8) is 0 Å². The van der Waals surface area contributed by atoms with Crippen molar-refractivity contribution in [2.75, 3.05) is 6.61 Å². The maximum atomic E-state index is 15.3. The summed E-state index contributed by atoms with van der Waals surface area (Å²) in [6.45, 7) is 8.84. The summed E-state index contributed by atoms with van der Waals surface area (Å²) in [6, 6.07) is 23.6. The first-order chi connectivity index (χ1) is 28.9. The van der Waals surface area contributed by atoms with Crippen molar-refractivity contribution < 1.29 is 62.7 Å². The Morgan fingerprint density at radius 2 is 1.39 bits per heavy atom. The summed E-state index contributed by atoms with van der Waals surface area (Å²) in [5.41, 5.74) is -5.04. The van der Waals surface area contributed by atoms with Crippen molar-refractivity contribution in [2.45, 2.75) is 109 Å². The molecule has 3 fully saturated rings. The summed E-state index contributed by atoms with van der Waals surface area (Å²) in [4.78, 5) is 83.4. The zero-order valence-corrected chi connectivity index (χ0v) is 34.9. The van der Waals surface area contributed by atoms with E-state index in [9.17, 15) is 34.2 Å². The Morgan fingerprint density at radius 3 is 1.95 bits per heavy atom. The van der Waals surface area contributed by atoms with E-state index >= 15 is 4.79 Å². The van der Waals surface area contributed by atoms with Crippen LogP contribution in [0.25, 0.3) is 0 Å². The van der Waals surface area contributed by atoms with Gasteiger partial charge in [0, 0.05) is 43.6 Å². The van der Waals surface area contributed by atoms with Gasteiger partial charge in [0.05, 0.1) is 29.7 Å². The van der Waals surface area contributed by atoms with Crippen molar-refractivity contribution in [3.05, 3.63) is 119 Å². The number of aliphatic hydroxyl groups excluding tert-OH is 2. The quantitative estimate of drug-likeness (QED) is 0.144. The van der Waals surface area contributed by atoms with Crippen LogP contribution in [0.15, 0.2) is 102 Å². The second-order valence-electron chi connectivity index (χ2n) is 17.3. The average Bonchev–Trinajstić information content (AvgIpc) is 3.23. The van der Waals surface area contributed by atoms with Crippen LogP contribution in [-0.4, -0.2) is 94.1 Å². The highest BCUT2D eigenvalue weighted by Gasteiger charge is 2.75. The molecule has 0 radical (unpaired) electrons. The molecule has 1 amide bonds.